The fourth-order valence-electron chi connectivity index (χ4n) is 3.98. The number of hydrogen-bond acceptors (Lipinski definition) is 4. The summed E-state index contributed by atoms with van der Waals surface area (Å²) in [6.45, 7) is 0. The number of rotatable bonds is 2. The topological polar surface area (TPSA) is 85.6 Å². The number of nitriles is 1. The number of benzene rings is 3. The third-order valence-electron chi connectivity index (χ3n) is 5.40. The van der Waals surface area contributed by atoms with Crippen molar-refractivity contribution in [1.29, 1.82) is 10.7 Å². The molecular weight excluding hydrogens is 419 g/mol. The highest BCUT2D eigenvalue weighted by molar-refractivity contribution is 6.42. The maximum Gasteiger partial charge on any atom is 0.244 e. The van der Waals surface area contributed by atoms with Gasteiger partial charge in [0.2, 0.25) is 11.8 Å². The predicted octanol–water partition coefficient (Wildman–Crippen LogP) is 6.18. The van der Waals surface area contributed by atoms with Crippen LogP contribution in [0.25, 0.3) is 22.0 Å². The fraction of sp³-hybridized carbons (Fsp3) is 0.0870. The molecule has 0 fully saturated rings. The van der Waals surface area contributed by atoms with Gasteiger partial charge in [0.1, 0.15) is 5.92 Å². The summed E-state index contributed by atoms with van der Waals surface area (Å²) in [5.74, 6) is -1.29. The minimum atomic E-state index is -0.856. The lowest BCUT2D eigenvalue weighted by Gasteiger charge is -2.29. The minimum absolute atomic E-state index is 0.164. The number of halogens is 2. The molecule has 2 unspecified atom stereocenters. The van der Waals surface area contributed by atoms with Gasteiger partial charge in [-0.3, -0.25) is 10.5 Å². The highest BCUT2D eigenvalue weighted by Crippen LogP contribution is 2.48. The lowest BCUT2D eigenvalue weighted by atomic mass is 9.78. The van der Waals surface area contributed by atoms with Crippen molar-refractivity contribution in [2.24, 2.45) is 5.92 Å². The van der Waals surface area contributed by atoms with E-state index < -0.39 is 11.8 Å². The van der Waals surface area contributed by atoms with E-state index in [4.69, 9.17) is 33.3 Å². The van der Waals surface area contributed by atoms with Crippen LogP contribution in [-0.4, -0.2) is 16.1 Å². The summed E-state index contributed by atoms with van der Waals surface area (Å²) >= 11 is 12.8. The second-order valence-electron chi connectivity index (χ2n) is 7.07. The van der Waals surface area contributed by atoms with Crippen molar-refractivity contribution in [2.75, 3.05) is 0 Å². The molecule has 0 bridgehead atoms. The number of aromatic nitrogens is 2. The Balaban J connectivity index is 1.76. The van der Waals surface area contributed by atoms with E-state index in [1.165, 1.54) is 0 Å². The average Bonchev–Trinajstić information content (AvgIpc) is 3.18. The number of nitrogens with one attached hydrogen (secondary N) is 2. The van der Waals surface area contributed by atoms with E-state index in [1.54, 1.807) is 12.1 Å². The second kappa shape index (κ2) is 7.17. The molecule has 2 atom stereocenters. The summed E-state index contributed by atoms with van der Waals surface area (Å²) in [7, 11) is 0. The largest absolute Gasteiger partial charge is 0.422 e. The summed E-state index contributed by atoms with van der Waals surface area (Å²) in [5, 5.41) is 28.3. The van der Waals surface area contributed by atoms with Crippen LogP contribution in [0.5, 0.6) is 5.88 Å². The number of aromatic amines is 1. The predicted molar refractivity (Wildman–Crippen MR) is 117 cm³/mol. The van der Waals surface area contributed by atoms with Crippen LogP contribution in [0.4, 0.5) is 0 Å². The van der Waals surface area contributed by atoms with Crippen LogP contribution in [-0.2, 0) is 0 Å². The van der Waals surface area contributed by atoms with Crippen molar-refractivity contribution < 1.29 is 4.74 Å². The molecule has 3 aromatic carbocycles. The van der Waals surface area contributed by atoms with Crippen molar-refractivity contribution in [3.05, 3.63) is 81.8 Å². The van der Waals surface area contributed by atoms with Gasteiger partial charge in [-0.05, 0) is 28.5 Å². The molecule has 1 aliphatic rings. The van der Waals surface area contributed by atoms with Crippen LogP contribution < -0.4 is 4.74 Å². The van der Waals surface area contributed by atoms with Gasteiger partial charge in [-0.2, -0.15) is 5.26 Å². The first kappa shape index (κ1) is 18.7. The summed E-state index contributed by atoms with van der Waals surface area (Å²) in [4.78, 5) is 0. The number of nitrogens with zero attached hydrogens (tertiary/aromatic N) is 2. The quantitative estimate of drug-likeness (QED) is 0.396. The Hall–Kier alpha value is -3.33. The molecule has 0 amide bonds. The zero-order valence-electron chi connectivity index (χ0n) is 15.5. The van der Waals surface area contributed by atoms with Gasteiger partial charge < -0.3 is 4.74 Å². The average molecular weight is 433 g/mol. The van der Waals surface area contributed by atoms with Crippen molar-refractivity contribution >= 4 is 39.9 Å². The Morgan fingerprint density at radius 2 is 1.83 bits per heavy atom. The van der Waals surface area contributed by atoms with Crippen molar-refractivity contribution in [3.8, 4) is 23.2 Å². The molecule has 1 aromatic heterocycles. The van der Waals surface area contributed by atoms with Crippen molar-refractivity contribution in [1.82, 2.24) is 10.2 Å². The zero-order valence-corrected chi connectivity index (χ0v) is 17.0. The van der Waals surface area contributed by atoms with Crippen LogP contribution in [0.2, 0.25) is 10.0 Å². The van der Waals surface area contributed by atoms with Gasteiger partial charge in [0.05, 0.1) is 27.4 Å². The van der Waals surface area contributed by atoms with Gasteiger partial charge in [0, 0.05) is 11.5 Å². The number of ether oxygens (including phenoxy) is 1. The van der Waals surface area contributed by atoms with Gasteiger partial charge in [-0.1, -0.05) is 71.7 Å². The first-order valence-corrected chi connectivity index (χ1v) is 10.0. The Bertz CT molecular complexity index is 1360. The van der Waals surface area contributed by atoms with Gasteiger partial charge in [0.15, 0.2) is 0 Å². The summed E-state index contributed by atoms with van der Waals surface area (Å²) < 4.78 is 5.59. The van der Waals surface area contributed by atoms with E-state index >= 15 is 0 Å². The molecule has 7 heteroatoms. The second-order valence-corrected chi connectivity index (χ2v) is 7.86. The molecule has 4 aromatic rings. The Morgan fingerprint density at radius 3 is 2.63 bits per heavy atom. The van der Waals surface area contributed by atoms with E-state index in [2.05, 4.69) is 22.3 Å². The molecule has 1 aliphatic heterocycles. The fourth-order valence-corrected chi connectivity index (χ4v) is 4.41. The Labute approximate surface area is 182 Å². The summed E-state index contributed by atoms with van der Waals surface area (Å²) in [6.07, 6.45) is 0. The van der Waals surface area contributed by atoms with Crippen molar-refractivity contribution in [2.45, 2.75) is 5.92 Å². The maximum atomic E-state index is 9.84. The van der Waals surface area contributed by atoms with E-state index in [1.807, 2.05) is 42.5 Å². The lowest BCUT2D eigenvalue weighted by Crippen LogP contribution is -2.31. The standard InChI is InChI=1S/C23H14Cl2N4O/c24-17-7-3-6-15(20(17)25)18-16(11-26)22(27)30-23-19(18)21(28-29-23)14-9-8-12-4-1-2-5-13(12)10-14/h1-10,16,18,27H,(H,28,29). The lowest BCUT2D eigenvalue weighted by molar-refractivity contribution is 0.437. The molecule has 2 heterocycles. The molecule has 5 nitrogen and oxygen atoms in total. The van der Waals surface area contributed by atoms with Crippen LogP contribution in [0.1, 0.15) is 17.0 Å². The van der Waals surface area contributed by atoms with Crippen LogP contribution in [0.15, 0.2) is 60.7 Å². The molecule has 0 aliphatic carbocycles. The number of H-pyrrole nitrogens is 1. The molecule has 0 spiro atoms. The van der Waals surface area contributed by atoms with Crippen LogP contribution >= 0.6 is 23.2 Å². The summed E-state index contributed by atoms with van der Waals surface area (Å²) in [5.41, 5.74) is 2.98. The van der Waals surface area contributed by atoms with Gasteiger partial charge >= 0.3 is 0 Å². The van der Waals surface area contributed by atoms with Crippen LogP contribution in [0.3, 0.4) is 0 Å². The van der Waals surface area contributed by atoms with E-state index in [0.29, 0.717) is 21.2 Å². The number of hydrogen-bond donors (Lipinski definition) is 2. The van der Waals surface area contributed by atoms with Crippen molar-refractivity contribution in [3.63, 3.8) is 0 Å². The molecule has 2 N–H and O–H groups in total. The highest BCUT2D eigenvalue weighted by Gasteiger charge is 2.41. The normalized spacial score (nSPS) is 18.0. The van der Waals surface area contributed by atoms with Gasteiger partial charge in [-0.15, -0.1) is 5.10 Å². The number of fused-ring (bicyclic) bond motifs is 2. The monoisotopic (exact) mass is 432 g/mol. The highest BCUT2D eigenvalue weighted by atomic mass is 35.5. The molecule has 30 heavy (non-hydrogen) atoms. The Kier molecular flexibility index (Phi) is 4.47. The SMILES string of the molecule is N#CC1C(=N)Oc2n[nH]c(-c3ccc4ccccc4c3)c2C1c1cccc(Cl)c1Cl. The Morgan fingerprint density at radius 1 is 1.03 bits per heavy atom. The first-order valence-electron chi connectivity index (χ1n) is 9.25. The van der Waals surface area contributed by atoms with Crippen LogP contribution in [0, 0.1) is 22.7 Å². The molecule has 0 radical (unpaired) electrons. The van der Waals surface area contributed by atoms with Gasteiger partial charge in [-0.25, -0.2) is 0 Å². The minimum Gasteiger partial charge on any atom is -0.422 e. The summed E-state index contributed by atoms with van der Waals surface area (Å²) in [6, 6.07) is 21.6. The molecule has 0 saturated carbocycles. The third kappa shape index (κ3) is 2.85. The van der Waals surface area contributed by atoms with E-state index in [9.17, 15) is 5.26 Å². The molecular formula is C23H14Cl2N4O. The van der Waals surface area contributed by atoms with Gasteiger partial charge in [0.25, 0.3) is 0 Å². The zero-order chi connectivity index (χ0) is 20.8. The van der Waals surface area contributed by atoms with E-state index in [-0.39, 0.29) is 11.8 Å². The first-order chi connectivity index (χ1) is 14.6. The maximum absolute atomic E-state index is 9.84. The molecule has 0 saturated heterocycles. The molecule has 5 rings (SSSR count). The smallest absolute Gasteiger partial charge is 0.244 e. The third-order valence-corrected chi connectivity index (χ3v) is 6.23. The van der Waals surface area contributed by atoms with E-state index in [0.717, 1.165) is 22.0 Å². The molecule has 146 valence electrons.